The topological polar surface area (TPSA) is 12.0 Å². The summed E-state index contributed by atoms with van der Waals surface area (Å²) in [7, 11) is 2.08. The summed E-state index contributed by atoms with van der Waals surface area (Å²) >= 11 is 0. The van der Waals surface area contributed by atoms with Gasteiger partial charge in [-0.15, -0.1) is 0 Å². The molecule has 1 N–H and O–H groups in total. The molecule has 13 heavy (non-hydrogen) atoms. The highest BCUT2D eigenvalue weighted by Crippen LogP contribution is 2.29. The summed E-state index contributed by atoms with van der Waals surface area (Å²) in [5.74, 6) is 0.788. The molecule has 0 heterocycles. The Morgan fingerprint density at radius 2 is 1.77 bits per heavy atom. The largest absolute Gasteiger partial charge is 0.317 e. The van der Waals surface area contributed by atoms with E-state index in [9.17, 15) is 0 Å². The zero-order chi connectivity index (χ0) is 10.5. The van der Waals surface area contributed by atoms with Crippen LogP contribution < -0.4 is 5.32 Å². The van der Waals surface area contributed by atoms with Crippen molar-refractivity contribution in [3.05, 3.63) is 0 Å². The van der Waals surface area contributed by atoms with Gasteiger partial charge in [0.05, 0.1) is 0 Å². The fraction of sp³-hybridized carbons (Fsp3) is 1.00. The Balaban J connectivity index is 3.93. The summed E-state index contributed by atoms with van der Waals surface area (Å²) < 4.78 is 0. The van der Waals surface area contributed by atoms with Crippen LogP contribution in [0, 0.1) is 11.3 Å². The third-order valence-electron chi connectivity index (χ3n) is 3.16. The third-order valence-corrected chi connectivity index (χ3v) is 3.16. The van der Waals surface area contributed by atoms with Crippen LogP contribution in [0.2, 0.25) is 0 Å². The quantitative estimate of drug-likeness (QED) is 0.692. The van der Waals surface area contributed by atoms with Crippen LogP contribution in [0.15, 0.2) is 0 Å². The molecule has 0 saturated carbocycles. The van der Waals surface area contributed by atoms with Gasteiger partial charge in [-0.2, -0.15) is 0 Å². The second-order valence-electron chi connectivity index (χ2n) is 5.28. The van der Waals surface area contributed by atoms with Gasteiger partial charge in [0.25, 0.3) is 0 Å². The predicted octanol–water partition coefficient (Wildman–Crippen LogP) is 3.45. The van der Waals surface area contributed by atoms with Gasteiger partial charge in [0.1, 0.15) is 0 Å². The summed E-state index contributed by atoms with van der Waals surface area (Å²) in [4.78, 5) is 0. The molecule has 80 valence electrons. The highest BCUT2D eigenvalue weighted by molar-refractivity contribution is 4.75. The second kappa shape index (κ2) is 5.64. The Morgan fingerprint density at radius 1 is 1.23 bits per heavy atom. The van der Waals surface area contributed by atoms with Crippen molar-refractivity contribution in [2.24, 2.45) is 11.3 Å². The van der Waals surface area contributed by atoms with Gasteiger partial charge in [-0.3, -0.25) is 0 Å². The molecule has 0 aliphatic carbocycles. The molecule has 0 spiro atoms. The van der Waals surface area contributed by atoms with E-state index in [2.05, 4.69) is 47.0 Å². The monoisotopic (exact) mass is 185 g/mol. The molecule has 0 aliphatic heterocycles. The first-order valence-electron chi connectivity index (χ1n) is 5.59. The summed E-state index contributed by atoms with van der Waals surface area (Å²) in [6.07, 6.45) is 3.88. The molecule has 0 fully saturated rings. The average Bonchev–Trinajstić information content (AvgIpc) is 2.01. The molecule has 1 heteroatoms. The lowest BCUT2D eigenvalue weighted by molar-refractivity contribution is 0.221. The molecule has 0 amide bonds. The van der Waals surface area contributed by atoms with Gasteiger partial charge in [-0.1, -0.05) is 41.0 Å². The lowest BCUT2D eigenvalue weighted by Gasteiger charge is -2.30. The Morgan fingerprint density at radius 3 is 2.08 bits per heavy atom. The lowest BCUT2D eigenvalue weighted by Crippen LogP contribution is -2.31. The highest BCUT2D eigenvalue weighted by Gasteiger charge is 2.22. The van der Waals surface area contributed by atoms with Gasteiger partial charge in [0.15, 0.2) is 0 Å². The number of nitrogens with one attached hydrogen (secondary N) is 1. The summed E-state index contributed by atoms with van der Waals surface area (Å²) in [5.41, 5.74) is 0.447. The normalized spacial score (nSPS) is 17.1. The Hall–Kier alpha value is -0.0400. The van der Waals surface area contributed by atoms with Gasteiger partial charge in [0, 0.05) is 6.04 Å². The molecule has 0 radical (unpaired) electrons. The first-order valence-corrected chi connectivity index (χ1v) is 5.59. The van der Waals surface area contributed by atoms with Crippen molar-refractivity contribution in [2.75, 3.05) is 7.05 Å². The number of hydrogen-bond acceptors (Lipinski definition) is 1. The molecule has 0 rings (SSSR count). The molecule has 0 aromatic heterocycles. The highest BCUT2D eigenvalue weighted by atomic mass is 14.9. The van der Waals surface area contributed by atoms with E-state index >= 15 is 0 Å². The van der Waals surface area contributed by atoms with E-state index in [-0.39, 0.29) is 0 Å². The maximum atomic E-state index is 3.41. The minimum atomic E-state index is 0.447. The minimum Gasteiger partial charge on any atom is -0.317 e. The molecule has 2 unspecified atom stereocenters. The van der Waals surface area contributed by atoms with Crippen LogP contribution in [0.4, 0.5) is 0 Å². The van der Waals surface area contributed by atoms with Gasteiger partial charge >= 0.3 is 0 Å². The standard InChI is InChI=1S/C12H27N/c1-7-8-11(13-6)9-10(2)12(3,4)5/h10-11,13H,7-9H2,1-6H3. The Kier molecular flexibility index (Phi) is 5.62. The fourth-order valence-electron chi connectivity index (χ4n) is 1.51. The van der Waals surface area contributed by atoms with E-state index in [1.54, 1.807) is 0 Å². The van der Waals surface area contributed by atoms with Crippen molar-refractivity contribution in [3.63, 3.8) is 0 Å². The minimum absolute atomic E-state index is 0.447. The maximum Gasteiger partial charge on any atom is 0.00666 e. The third kappa shape index (κ3) is 5.30. The van der Waals surface area contributed by atoms with Crippen LogP contribution in [0.1, 0.15) is 53.9 Å². The zero-order valence-corrected chi connectivity index (χ0v) is 10.3. The zero-order valence-electron chi connectivity index (χ0n) is 10.3. The van der Waals surface area contributed by atoms with Crippen molar-refractivity contribution in [2.45, 2.75) is 59.9 Å². The first-order chi connectivity index (χ1) is 5.91. The predicted molar refractivity (Wildman–Crippen MR) is 61.0 cm³/mol. The van der Waals surface area contributed by atoms with Crippen molar-refractivity contribution < 1.29 is 0 Å². The molecule has 0 bridgehead atoms. The van der Waals surface area contributed by atoms with Crippen LogP contribution in [-0.2, 0) is 0 Å². The van der Waals surface area contributed by atoms with E-state index in [1.807, 2.05) is 0 Å². The Bertz CT molecular complexity index is 124. The van der Waals surface area contributed by atoms with Crippen molar-refractivity contribution in [3.8, 4) is 0 Å². The lowest BCUT2D eigenvalue weighted by atomic mass is 9.78. The van der Waals surface area contributed by atoms with E-state index in [0.717, 1.165) is 5.92 Å². The molecular weight excluding hydrogens is 158 g/mol. The van der Waals surface area contributed by atoms with Crippen molar-refractivity contribution in [1.29, 1.82) is 0 Å². The van der Waals surface area contributed by atoms with Gasteiger partial charge < -0.3 is 5.32 Å². The SMILES string of the molecule is CCCC(CC(C)C(C)(C)C)NC. The van der Waals surface area contributed by atoms with Gasteiger partial charge in [-0.25, -0.2) is 0 Å². The average molecular weight is 185 g/mol. The van der Waals surface area contributed by atoms with Crippen LogP contribution in [0.25, 0.3) is 0 Å². The molecule has 0 aromatic carbocycles. The summed E-state index contributed by atoms with van der Waals surface area (Å²) in [6.45, 7) is 11.6. The fourth-order valence-corrected chi connectivity index (χ4v) is 1.51. The van der Waals surface area contributed by atoms with Gasteiger partial charge in [0.2, 0.25) is 0 Å². The van der Waals surface area contributed by atoms with Gasteiger partial charge in [-0.05, 0) is 31.2 Å². The molecule has 0 saturated heterocycles. The van der Waals surface area contributed by atoms with E-state index in [1.165, 1.54) is 19.3 Å². The van der Waals surface area contributed by atoms with Crippen LogP contribution in [0.3, 0.4) is 0 Å². The van der Waals surface area contributed by atoms with Crippen molar-refractivity contribution in [1.82, 2.24) is 5.32 Å². The molecular formula is C12H27N. The van der Waals surface area contributed by atoms with E-state index in [4.69, 9.17) is 0 Å². The molecule has 2 atom stereocenters. The smallest absolute Gasteiger partial charge is 0.00666 e. The molecule has 0 aliphatic rings. The first kappa shape index (κ1) is 13.0. The van der Waals surface area contributed by atoms with E-state index < -0.39 is 0 Å². The second-order valence-corrected chi connectivity index (χ2v) is 5.28. The van der Waals surface area contributed by atoms with Crippen LogP contribution in [0.5, 0.6) is 0 Å². The molecule has 0 aromatic rings. The van der Waals surface area contributed by atoms with Crippen LogP contribution in [-0.4, -0.2) is 13.1 Å². The summed E-state index contributed by atoms with van der Waals surface area (Å²) in [5, 5.41) is 3.41. The van der Waals surface area contributed by atoms with Crippen LogP contribution >= 0.6 is 0 Å². The summed E-state index contributed by atoms with van der Waals surface area (Å²) in [6, 6.07) is 0.708. The number of hydrogen-bond donors (Lipinski definition) is 1. The van der Waals surface area contributed by atoms with E-state index in [0.29, 0.717) is 11.5 Å². The van der Waals surface area contributed by atoms with Crippen molar-refractivity contribution >= 4 is 0 Å². The maximum absolute atomic E-state index is 3.41. The Labute approximate surface area is 84.3 Å². The number of rotatable bonds is 5. The molecule has 1 nitrogen and oxygen atoms in total.